The Morgan fingerprint density at radius 1 is 0.735 bits per heavy atom. The summed E-state index contributed by atoms with van der Waals surface area (Å²) in [4.78, 5) is 34.9. The molecule has 0 unspecified atom stereocenters. The van der Waals surface area contributed by atoms with Crippen molar-refractivity contribution >= 4 is 11.8 Å². The molecule has 0 radical (unpaired) electrons. The van der Waals surface area contributed by atoms with E-state index in [0.717, 1.165) is 37.2 Å². The van der Waals surface area contributed by atoms with Crippen LogP contribution in [-0.4, -0.2) is 62.6 Å². The number of hydrogen-bond acceptors (Lipinski definition) is 4. The van der Waals surface area contributed by atoms with Gasteiger partial charge < -0.3 is 9.80 Å². The maximum absolute atomic E-state index is 13.3. The fraction of sp³-hybridized carbons (Fsp3) is 0.407. The third kappa shape index (κ3) is 4.74. The number of benzene rings is 2. The van der Waals surface area contributed by atoms with Gasteiger partial charge in [-0.25, -0.2) is 9.67 Å². The second-order valence-corrected chi connectivity index (χ2v) is 9.18. The van der Waals surface area contributed by atoms with Crippen molar-refractivity contribution in [3.05, 3.63) is 66.5 Å². The van der Waals surface area contributed by atoms with Gasteiger partial charge in [0.05, 0.1) is 5.69 Å². The predicted molar refractivity (Wildman–Crippen MR) is 130 cm³/mol. The molecule has 7 nitrogen and oxygen atoms in total. The molecule has 5 rings (SSSR count). The van der Waals surface area contributed by atoms with Crippen LogP contribution in [0.1, 0.15) is 49.1 Å². The Kier molecular flexibility index (Phi) is 6.70. The minimum atomic E-state index is -0.174. The van der Waals surface area contributed by atoms with Gasteiger partial charge in [0.2, 0.25) is 11.7 Å². The number of piperidine rings is 1. The molecular formula is C27H31N5O2. The number of rotatable bonds is 4. The van der Waals surface area contributed by atoms with Crippen LogP contribution in [-0.2, 0) is 4.79 Å². The van der Waals surface area contributed by atoms with Gasteiger partial charge >= 0.3 is 0 Å². The summed E-state index contributed by atoms with van der Waals surface area (Å²) in [5.41, 5.74) is 1.76. The first-order chi connectivity index (χ1) is 16.7. The number of likely N-dealkylation sites (tertiary alicyclic amines) is 2. The molecule has 0 bridgehead atoms. The number of amides is 2. The Morgan fingerprint density at radius 3 is 2.00 bits per heavy atom. The van der Waals surface area contributed by atoms with Crippen molar-refractivity contribution in [1.29, 1.82) is 0 Å². The van der Waals surface area contributed by atoms with Crippen LogP contribution in [0, 0.1) is 5.92 Å². The molecule has 2 amide bonds. The summed E-state index contributed by atoms with van der Waals surface area (Å²) in [5.74, 6) is 0.942. The summed E-state index contributed by atoms with van der Waals surface area (Å²) < 4.78 is 1.73. The summed E-state index contributed by atoms with van der Waals surface area (Å²) in [5, 5.41) is 4.61. The summed E-state index contributed by atoms with van der Waals surface area (Å²) in [6, 6.07) is 19.5. The minimum absolute atomic E-state index is 0.0110. The number of para-hydroxylation sites is 1. The Morgan fingerprint density at radius 2 is 1.35 bits per heavy atom. The Hall–Kier alpha value is -3.48. The van der Waals surface area contributed by atoms with Crippen molar-refractivity contribution in [2.75, 3.05) is 26.2 Å². The van der Waals surface area contributed by atoms with Crippen LogP contribution < -0.4 is 0 Å². The van der Waals surface area contributed by atoms with Gasteiger partial charge in [0.1, 0.15) is 0 Å². The van der Waals surface area contributed by atoms with Crippen LogP contribution in [0.5, 0.6) is 0 Å². The fourth-order valence-corrected chi connectivity index (χ4v) is 4.95. The van der Waals surface area contributed by atoms with Crippen molar-refractivity contribution in [2.24, 2.45) is 5.92 Å². The van der Waals surface area contributed by atoms with E-state index in [9.17, 15) is 9.59 Å². The maximum atomic E-state index is 13.3. The van der Waals surface area contributed by atoms with Crippen molar-refractivity contribution < 1.29 is 9.59 Å². The monoisotopic (exact) mass is 457 g/mol. The average Bonchev–Trinajstić information content (AvgIpc) is 3.17. The molecule has 0 saturated carbocycles. The van der Waals surface area contributed by atoms with E-state index in [1.54, 1.807) is 9.58 Å². The SMILES string of the molecule is O=C(c1nc(-c2ccccc2)n(-c2ccccc2)n1)N1CCC(C(=O)N2CCCCCC2)CC1. The quantitative estimate of drug-likeness (QED) is 0.589. The molecule has 34 heavy (non-hydrogen) atoms. The Bertz CT molecular complexity index is 1060. The highest BCUT2D eigenvalue weighted by atomic mass is 16.2. The van der Waals surface area contributed by atoms with Gasteiger partial charge in [-0.3, -0.25) is 9.59 Å². The molecule has 2 aliphatic heterocycles. The van der Waals surface area contributed by atoms with E-state index in [1.807, 2.05) is 65.6 Å². The van der Waals surface area contributed by atoms with E-state index >= 15 is 0 Å². The van der Waals surface area contributed by atoms with Gasteiger partial charge in [-0.1, -0.05) is 61.4 Å². The van der Waals surface area contributed by atoms with Crippen LogP contribution >= 0.6 is 0 Å². The summed E-state index contributed by atoms with van der Waals surface area (Å²) in [6.45, 7) is 2.87. The van der Waals surface area contributed by atoms with Crippen LogP contribution in [0.25, 0.3) is 17.1 Å². The molecule has 1 aromatic heterocycles. The molecular weight excluding hydrogens is 426 g/mol. The van der Waals surface area contributed by atoms with Crippen molar-refractivity contribution in [2.45, 2.75) is 38.5 Å². The Balaban J connectivity index is 1.31. The zero-order chi connectivity index (χ0) is 23.3. The first kappa shape index (κ1) is 22.3. The van der Waals surface area contributed by atoms with E-state index in [0.29, 0.717) is 31.8 Å². The largest absolute Gasteiger partial charge is 0.342 e. The molecule has 0 spiro atoms. The molecule has 2 saturated heterocycles. The lowest BCUT2D eigenvalue weighted by molar-refractivity contribution is -0.136. The first-order valence-corrected chi connectivity index (χ1v) is 12.4. The van der Waals surface area contributed by atoms with E-state index in [-0.39, 0.29) is 23.6 Å². The number of nitrogens with zero attached hydrogens (tertiary/aromatic N) is 5. The lowest BCUT2D eigenvalue weighted by Gasteiger charge is -2.33. The van der Waals surface area contributed by atoms with E-state index < -0.39 is 0 Å². The smallest absolute Gasteiger partial charge is 0.293 e. The van der Waals surface area contributed by atoms with Crippen LogP contribution in [0.4, 0.5) is 0 Å². The minimum Gasteiger partial charge on any atom is -0.342 e. The number of hydrogen-bond donors (Lipinski definition) is 0. The molecule has 7 heteroatoms. The van der Waals surface area contributed by atoms with Crippen molar-refractivity contribution in [1.82, 2.24) is 24.6 Å². The molecule has 2 aliphatic rings. The van der Waals surface area contributed by atoms with Crippen LogP contribution in [0.15, 0.2) is 60.7 Å². The average molecular weight is 458 g/mol. The number of carbonyl (C=O) groups excluding carboxylic acids is 2. The lowest BCUT2D eigenvalue weighted by atomic mass is 9.95. The predicted octanol–water partition coefficient (Wildman–Crippen LogP) is 4.19. The van der Waals surface area contributed by atoms with Gasteiger partial charge in [-0.2, -0.15) is 0 Å². The molecule has 2 fully saturated rings. The van der Waals surface area contributed by atoms with Crippen LogP contribution in [0.2, 0.25) is 0 Å². The topological polar surface area (TPSA) is 71.3 Å². The zero-order valence-electron chi connectivity index (χ0n) is 19.5. The maximum Gasteiger partial charge on any atom is 0.293 e. The number of aromatic nitrogens is 3. The van der Waals surface area contributed by atoms with Crippen LogP contribution in [0.3, 0.4) is 0 Å². The van der Waals surface area contributed by atoms with Gasteiger partial charge in [0.25, 0.3) is 5.91 Å². The molecule has 0 aliphatic carbocycles. The summed E-state index contributed by atoms with van der Waals surface area (Å²) >= 11 is 0. The summed E-state index contributed by atoms with van der Waals surface area (Å²) in [7, 11) is 0. The third-order valence-corrected chi connectivity index (χ3v) is 6.88. The highest BCUT2D eigenvalue weighted by Gasteiger charge is 2.32. The van der Waals surface area contributed by atoms with Gasteiger partial charge in [0, 0.05) is 37.7 Å². The molecule has 3 heterocycles. The molecule has 0 atom stereocenters. The summed E-state index contributed by atoms with van der Waals surface area (Å²) in [6.07, 6.45) is 6.03. The zero-order valence-corrected chi connectivity index (χ0v) is 19.5. The molecule has 2 aromatic carbocycles. The van der Waals surface area contributed by atoms with E-state index in [4.69, 9.17) is 0 Å². The van der Waals surface area contributed by atoms with E-state index in [2.05, 4.69) is 10.1 Å². The highest BCUT2D eigenvalue weighted by Crippen LogP contribution is 2.25. The Labute approximate surface area is 200 Å². The highest BCUT2D eigenvalue weighted by molar-refractivity contribution is 5.91. The van der Waals surface area contributed by atoms with Gasteiger partial charge in [-0.15, -0.1) is 5.10 Å². The lowest BCUT2D eigenvalue weighted by Crippen LogP contribution is -2.45. The first-order valence-electron chi connectivity index (χ1n) is 12.4. The van der Waals surface area contributed by atoms with E-state index in [1.165, 1.54) is 12.8 Å². The second-order valence-electron chi connectivity index (χ2n) is 9.18. The normalized spacial score (nSPS) is 17.4. The van der Waals surface area contributed by atoms with Gasteiger partial charge in [0.15, 0.2) is 5.82 Å². The molecule has 0 N–H and O–H groups in total. The molecule has 3 aromatic rings. The molecule has 176 valence electrons. The van der Waals surface area contributed by atoms with Crippen molar-refractivity contribution in [3.63, 3.8) is 0 Å². The number of carbonyl (C=O) groups is 2. The fourth-order valence-electron chi connectivity index (χ4n) is 4.95. The van der Waals surface area contributed by atoms with Gasteiger partial charge in [-0.05, 0) is 37.8 Å². The third-order valence-electron chi connectivity index (χ3n) is 6.88. The van der Waals surface area contributed by atoms with Crippen molar-refractivity contribution in [3.8, 4) is 17.1 Å². The second kappa shape index (κ2) is 10.2. The standard InChI is InChI=1S/C27H31N5O2/c33-26(30-17-9-1-2-10-18-30)22-15-19-31(20-16-22)27(34)24-28-25(21-11-5-3-6-12-21)32(29-24)23-13-7-4-8-14-23/h3-8,11-14,22H,1-2,9-10,15-20H2.